The fraction of sp³-hybridized carbons (Fsp3) is 0.615. The van der Waals surface area contributed by atoms with Crippen LogP contribution in [0, 0.1) is 5.41 Å². The second-order valence-corrected chi connectivity index (χ2v) is 5.20. The Morgan fingerprint density at radius 3 is 2.62 bits per heavy atom. The molecule has 0 saturated heterocycles. The van der Waals surface area contributed by atoms with Gasteiger partial charge in [0.05, 0.1) is 0 Å². The average molecular weight is 237 g/mol. The highest BCUT2D eigenvalue weighted by Crippen LogP contribution is 2.38. The minimum Gasteiger partial charge on any atom is -0.315 e. The van der Waals surface area contributed by atoms with Crippen molar-refractivity contribution >= 4 is 12.6 Å². The molecule has 0 unspecified atom stereocenters. The van der Waals surface area contributed by atoms with E-state index in [1.165, 1.54) is 32.1 Å². The normalized spacial score (nSPS) is 19.6. The summed E-state index contributed by atoms with van der Waals surface area (Å²) in [5.41, 5.74) is 0.348. The maximum atomic E-state index is 11.7. The van der Waals surface area contributed by atoms with Crippen molar-refractivity contribution in [3.63, 3.8) is 0 Å². The summed E-state index contributed by atoms with van der Waals surface area (Å²) < 4.78 is 1.83. The van der Waals surface area contributed by atoms with Gasteiger partial charge in [-0.05, 0) is 30.1 Å². The molecule has 0 amide bonds. The first-order valence-electron chi connectivity index (χ1n) is 6.02. The van der Waals surface area contributed by atoms with Gasteiger partial charge in [0.2, 0.25) is 0 Å². The minimum atomic E-state index is 0.106. The molecule has 0 radical (unpaired) electrons. The van der Waals surface area contributed by atoms with Gasteiger partial charge in [0.25, 0.3) is 5.56 Å². The Bertz CT molecular complexity index is 393. The van der Waals surface area contributed by atoms with Gasteiger partial charge in [-0.15, -0.1) is 0 Å². The summed E-state index contributed by atoms with van der Waals surface area (Å²) in [4.78, 5) is 11.7. The van der Waals surface area contributed by atoms with E-state index in [1.54, 1.807) is 12.1 Å². The third-order valence-electron chi connectivity index (χ3n) is 3.65. The highest BCUT2D eigenvalue weighted by Gasteiger charge is 2.31. The third-order valence-corrected chi connectivity index (χ3v) is 4.33. The van der Waals surface area contributed by atoms with E-state index in [4.69, 9.17) is 0 Å². The smallest absolute Gasteiger partial charge is 0.250 e. The van der Waals surface area contributed by atoms with Gasteiger partial charge in [-0.1, -0.05) is 25.3 Å². The van der Waals surface area contributed by atoms with Gasteiger partial charge in [0.15, 0.2) is 0 Å². The van der Waals surface area contributed by atoms with Crippen molar-refractivity contribution in [3.8, 4) is 0 Å². The summed E-state index contributed by atoms with van der Waals surface area (Å²) in [5.74, 6) is 0.883. The lowest BCUT2D eigenvalue weighted by Crippen LogP contribution is -2.35. The Labute approximate surface area is 102 Å². The van der Waals surface area contributed by atoms with Crippen LogP contribution in [0.15, 0.2) is 29.2 Å². The number of rotatable bonds is 3. The van der Waals surface area contributed by atoms with Crippen molar-refractivity contribution in [3.05, 3.63) is 34.7 Å². The van der Waals surface area contributed by atoms with Crippen LogP contribution in [0.4, 0.5) is 0 Å². The van der Waals surface area contributed by atoms with Crippen LogP contribution in [0.3, 0.4) is 0 Å². The molecule has 88 valence electrons. The van der Waals surface area contributed by atoms with Crippen LogP contribution < -0.4 is 5.56 Å². The molecule has 0 N–H and O–H groups in total. The second kappa shape index (κ2) is 5.09. The number of hydrogen-bond acceptors (Lipinski definition) is 2. The van der Waals surface area contributed by atoms with Crippen molar-refractivity contribution in [1.82, 2.24) is 4.57 Å². The van der Waals surface area contributed by atoms with E-state index in [0.29, 0.717) is 0 Å². The number of nitrogens with zero attached hydrogens (tertiary/aromatic N) is 1. The number of aromatic nitrogens is 1. The molecule has 1 heterocycles. The van der Waals surface area contributed by atoms with Crippen LogP contribution >= 0.6 is 12.6 Å². The molecule has 1 aliphatic rings. The molecular weight excluding hydrogens is 218 g/mol. The van der Waals surface area contributed by atoms with Crippen molar-refractivity contribution < 1.29 is 0 Å². The van der Waals surface area contributed by atoms with Crippen LogP contribution in [0.2, 0.25) is 0 Å². The molecule has 0 aliphatic heterocycles. The number of hydrogen-bond donors (Lipinski definition) is 1. The molecule has 0 aromatic carbocycles. The van der Waals surface area contributed by atoms with Crippen molar-refractivity contribution in [1.29, 1.82) is 0 Å². The minimum absolute atomic E-state index is 0.106. The Morgan fingerprint density at radius 2 is 2.00 bits per heavy atom. The predicted octanol–water partition coefficient (Wildman–Crippen LogP) is 2.73. The zero-order chi connectivity index (χ0) is 11.4. The fourth-order valence-corrected chi connectivity index (χ4v) is 3.04. The summed E-state index contributed by atoms with van der Waals surface area (Å²) in [7, 11) is 0. The van der Waals surface area contributed by atoms with Gasteiger partial charge in [-0.3, -0.25) is 4.79 Å². The zero-order valence-corrected chi connectivity index (χ0v) is 10.5. The quantitative estimate of drug-likeness (QED) is 0.802. The molecule has 1 aromatic rings. The van der Waals surface area contributed by atoms with E-state index < -0.39 is 0 Å². The van der Waals surface area contributed by atoms with E-state index >= 15 is 0 Å². The van der Waals surface area contributed by atoms with Crippen LogP contribution in [0.1, 0.15) is 32.1 Å². The maximum absolute atomic E-state index is 11.7. The predicted molar refractivity (Wildman–Crippen MR) is 70.1 cm³/mol. The highest BCUT2D eigenvalue weighted by atomic mass is 32.1. The van der Waals surface area contributed by atoms with Gasteiger partial charge in [-0.2, -0.15) is 12.6 Å². The molecule has 1 aromatic heterocycles. The molecule has 3 heteroatoms. The Hall–Kier alpha value is -0.700. The SMILES string of the molecule is O=c1ccccn1CC1(CS)CCCCC1. The molecule has 2 nitrogen and oxygen atoms in total. The number of thiol groups is 1. The molecule has 2 rings (SSSR count). The van der Waals surface area contributed by atoms with Gasteiger partial charge >= 0.3 is 0 Å². The molecule has 0 spiro atoms. The summed E-state index contributed by atoms with van der Waals surface area (Å²) in [6.07, 6.45) is 8.20. The Kier molecular flexibility index (Phi) is 3.74. The van der Waals surface area contributed by atoms with Crippen LogP contribution in [-0.4, -0.2) is 10.3 Å². The first-order chi connectivity index (χ1) is 7.76. The lowest BCUT2D eigenvalue weighted by atomic mass is 9.75. The fourth-order valence-electron chi connectivity index (χ4n) is 2.62. The van der Waals surface area contributed by atoms with Gasteiger partial charge < -0.3 is 4.57 Å². The largest absolute Gasteiger partial charge is 0.315 e. The first kappa shape index (κ1) is 11.8. The monoisotopic (exact) mass is 237 g/mol. The van der Waals surface area contributed by atoms with E-state index in [1.807, 2.05) is 16.8 Å². The van der Waals surface area contributed by atoms with E-state index in [9.17, 15) is 4.79 Å². The van der Waals surface area contributed by atoms with E-state index in [2.05, 4.69) is 12.6 Å². The standard InChI is InChI=1S/C13H19NOS/c15-12-6-2-5-9-14(12)10-13(11-16)7-3-1-4-8-13/h2,5-6,9,16H,1,3-4,7-8,10-11H2. The van der Waals surface area contributed by atoms with Crippen molar-refractivity contribution in [2.45, 2.75) is 38.6 Å². The van der Waals surface area contributed by atoms with Crippen LogP contribution in [0.25, 0.3) is 0 Å². The molecule has 0 atom stereocenters. The highest BCUT2D eigenvalue weighted by molar-refractivity contribution is 7.80. The van der Waals surface area contributed by atoms with Gasteiger partial charge in [-0.25, -0.2) is 0 Å². The molecule has 1 fully saturated rings. The first-order valence-corrected chi connectivity index (χ1v) is 6.65. The van der Waals surface area contributed by atoms with Gasteiger partial charge in [0, 0.05) is 18.8 Å². The topological polar surface area (TPSA) is 22.0 Å². The zero-order valence-electron chi connectivity index (χ0n) is 9.56. The van der Waals surface area contributed by atoms with Crippen molar-refractivity contribution in [2.75, 3.05) is 5.75 Å². The van der Waals surface area contributed by atoms with Crippen LogP contribution in [0.5, 0.6) is 0 Å². The van der Waals surface area contributed by atoms with Crippen molar-refractivity contribution in [2.24, 2.45) is 5.41 Å². The summed E-state index contributed by atoms with van der Waals surface area (Å²) in [6.45, 7) is 0.830. The van der Waals surface area contributed by atoms with E-state index in [-0.39, 0.29) is 11.0 Å². The summed E-state index contributed by atoms with van der Waals surface area (Å²) in [5, 5.41) is 0. The molecular formula is C13H19NOS. The molecule has 1 aliphatic carbocycles. The summed E-state index contributed by atoms with van der Waals surface area (Å²) in [6, 6.07) is 5.36. The number of pyridine rings is 1. The maximum Gasteiger partial charge on any atom is 0.250 e. The molecule has 0 bridgehead atoms. The summed E-state index contributed by atoms with van der Waals surface area (Å²) >= 11 is 4.50. The Morgan fingerprint density at radius 1 is 1.25 bits per heavy atom. The Balaban J connectivity index is 2.18. The van der Waals surface area contributed by atoms with Gasteiger partial charge in [0.1, 0.15) is 0 Å². The average Bonchev–Trinajstić information content (AvgIpc) is 2.33. The second-order valence-electron chi connectivity index (χ2n) is 4.89. The lowest BCUT2D eigenvalue weighted by molar-refractivity contribution is 0.188. The van der Waals surface area contributed by atoms with Crippen LogP contribution in [-0.2, 0) is 6.54 Å². The third kappa shape index (κ3) is 2.51. The molecule has 16 heavy (non-hydrogen) atoms. The lowest BCUT2D eigenvalue weighted by Gasteiger charge is -2.36. The van der Waals surface area contributed by atoms with E-state index in [0.717, 1.165) is 12.3 Å². The molecule has 1 saturated carbocycles.